The summed E-state index contributed by atoms with van der Waals surface area (Å²) in [4.78, 5) is 21.8. The highest BCUT2D eigenvalue weighted by Gasteiger charge is 2.40. The van der Waals surface area contributed by atoms with Gasteiger partial charge in [-0.05, 0) is 24.8 Å². The summed E-state index contributed by atoms with van der Waals surface area (Å²) in [6.07, 6.45) is 5.12. The van der Waals surface area contributed by atoms with Gasteiger partial charge in [0.05, 0.1) is 5.69 Å². The van der Waals surface area contributed by atoms with Gasteiger partial charge in [0, 0.05) is 50.7 Å². The Kier molecular flexibility index (Phi) is 3.46. The second-order valence-electron chi connectivity index (χ2n) is 6.34. The van der Waals surface area contributed by atoms with Gasteiger partial charge in [0.25, 0.3) is 0 Å². The smallest absolute Gasteiger partial charge is 0.132 e. The molecule has 22 heavy (non-hydrogen) atoms. The molecule has 2 fully saturated rings. The first-order chi connectivity index (χ1) is 10.8. The lowest BCUT2D eigenvalue weighted by Gasteiger charge is -2.22. The molecule has 0 saturated carbocycles. The Morgan fingerprint density at radius 2 is 1.86 bits per heavy atom. The fourth-order valence-corrected chi connectivity index (χ4v) is 3.66. The molecule has 4 heterocycles. The van der Waals surface area contributed by atoms with Gasteiger partial charge in [-0.15, -0.1) is 0 Å². The van der Waals surface area contributed by atoms with Crippen LogP contribution in [0.15, 0.2) is 31.0 Å². The molecule has 114 valence electrons. The Bertz CT molecular complexity index is 632. The molecular weight excluding hydrogens is 276 g/mol. The summed E-state index contributed by atoms with van der Waals surface area (Å²) in [6, 6.07) is 4.09. The molecule has 0 N–H and O–H groups in total. The number of aromatic nitrogens is 4. The second kappa shape index (κ2) is 5.61. The monoisotopic (exact) mass is 296 g/mol. The van der Waals surface area contributed by atoms with Gasteiger partial charge in [0.2, 0.25) is 0 Å². The number of aryl methyl sites for hydroxylation is 1. The van der Waals surface area contributed by atoms with E-state index >= 15 is 0 Å². The van der Waals surface area contributed by atoms with Crippen LogP contribution >= 0.6 is 0 Å². The minimum Gasteiger partial charge on any atom is -0.356 e. The molecule has 0 aromatic carbocycles. The maximum atomic E-state index is 4.42. The third-order valence-electron chi connectivity index (χ3n) is 4.70. The van der Waals surface area contributed by atoms with Gasteiger partial charge < -0.3 is 4.90 Å². The average molecular weight is 296 g/mol. The van der Waals surface area contributed by atoms with E-state index in [1.165, 1.54) is 0 Å². The molecule has 0 radical (unpaired) electrons. The SMILES string of the molecule is Cc1cc(N2CC3CN(Cc4ccncn4)CC3C2)ncn1. The highest BCUT2D eigenvalue weighted by Crippen LogP contribution is 2.33. The molecular formula is C16H20N6. The van der Waals surface area contributed by atoms with Crippen LogP contribution in [0.3, 0.4) is 0 Å². The summed E-state index contributed by atoms with van der Waals surface area (Å²) in [5.41, 5.74) is 2.14. The van der Waals surface area contributed by atoms with Crippen molar-refractivity contribution in [2.45, 2.75) is 13.5 Å². The van der Waals surface area contributed by atoms with Gasteiger partial charge in [-0.2, -0.15) is 0 Å². The van der Waals surface area contributed by atoms with E-state index in [1.54, 1.807) is 12.7 Å². The summed E-state index contributed by atoms with van der Waals surface area (Å²) in [5, 5.41) is 0. The van der Waals surface area contributed by atoms with Gasteiger partial charge in [0.15, 0.2) is 0 Å². The molecule has 6 nitrogen and oxygen atoms in total. The molecule has 0 bridgehead atoms. The van der Waals surface area contributed by atoms with Crippen LogP contribution < -0.4 is 4.90 Å². The third kappa shape index (κ3) is 2.66. The fourth-order valence-electron chi connectivity index (χ4n) is 3.66. The van der Waals surface area contributed by atoms with Gasteiger partial charge in [-0.1, -0.05) is 0 Å². The van der Waals surface area contributed by atoms with Crippen molar-refractivity contribution in [1.29, 1.82) is 0 Å². The lowest BCUT2D eigenvalue weighted by Crippen LogP contribution is -2.29. The lowest BCUT2D eigenvalue weighted by atomic mass is 10.0. The minimum atomic E-state index is 0.733. The van der Waals surface area contributed by atoms with Crippen LogP contribution in [0.2, 0.25) is 0 Å². The number of hydrogen-bond donors (Lipinski definition) is 0. The lowest BCUT2D eigenvalue weighted by molar-refractivity contribution is 0.305. The Balaban J connectivity index is 1.38. The quantitative estimate of drug-likeness (QED) is 0.846. The zero-order valence-corrected chi connectivity index (χ0v) is 12.8. The molecule has 2 aromatic heterocycles. The second-order valence-corrected chi connectivity index (χ2v) is 6.34. The molecule has 4 rings (SSSR count). The summed E-state index contributed by atoms with van der Waals surface area (Å²) in [7, 11) is 0. The van der Waals surface area contributed by atoms with Gasteiger partial charge in [0.1, 0.15) is 18.5 Å². The predicted molar refractivity (Wildman–Crippen MR) is 83.3 cm³/mol. The van der Waals surface area contributed by atoms with Crippen molar-refractivity contribution in [3.05, 3.63) is 42.4 Å². The summed E-state index contributed by atoms with van der Waals surface area (Å²) in [5.74, 6) is 2.54. The van der Waals surface area contributed by atoms with Crippen molar-refractivity contribution >= 4 is 5.82 Å². The first kappa shape index (κ1) is 13.6. The summed E-state index contributed by atoms with van der Waals surface area (Å²) >= 11 is 0. The Labute approximate surface area is 130 Å². The van der Waals surface area contributed by atoms with E-state index in [1.807, 2.05) is 19.2 Å². The molecule has 0 spiro atoms. The van der Waals surface area contributed by atoms with Crippen molar-refractivity contribution in [1.82, 2.24) is 24.8 Å². The number of hydrogen-bond acceptors (Lipinski definition) is 6. The van der Waals surface area contributed by atoms with Crippen LogP contribution in [-0.2, 0) is 6.54 Å². The topological polar surface area (TPSA) is 58.0 Å². The van der Waals surface area contributed by atoms with E-state index in [0.29, 0.717) is 0 Å². The number of anilines is 1. The predicted octanol–water partition coefficient (Wildman–Crippen LogP) is 1.14. The van der Waals surface area contributed by atoms with Crippen LogP contribution in [0.1, 0.15) is 11.4 Å². The van der Waals surface area contributed by atoms with Crippen molar-refractivity contribution in [3.63, 3.8) is 0 Å². The zero-order chi connectivity index (χ0) is 14.9. The Hall–Kier alpha value is -2.08. The molecule has 2 saturated heterocycles. The molecule has 0 aliphatic carbocycles. The van der Waals surface area contributed by atoms with Crippen LogP contribution in [-0.4, -0.2) is 51.0 Å². The maximum absolute atomic E-state index is 4.42. The summed E-state index contributed by atoms with van der Waals surface area (Å²) in [6.45, 7) is 7.45. The standard InChI is InChI=1S/C16H20N6/c1-12-4-16(20-11-18-12)22-7-13-5-21(6-14(13)8-22)9-15-2-3-17-10-19-15/h2-4,10-11,13-14H,5-9H2,1H3. The molecule has 2 aliphatic rings. The van der Waals surface area contributed by atoms with E-state index in [9.17, 15) is 0 Å². The van der Waals surface area contributed by atoms with Crippen LogP contribution in [0, 0.1) is 18.8 Å². The van der Waals surface area contributed by atoms with E-state index in [4.69, 9.17) is 0 Å². The maximum Gasteiger partial charge on any atom is 0.132 e. The van der Waals surface area contributed by atoms with Crippen molar-refractivity contribution in [2.75, 3.05) is 31.1 Å². The van der Waals surface area contributed by atoms with Crippen molar-refractivity contribution < 1.29 is 0 Å². The molecule has 2 atom stereocenters. The van der Waals surface area contributed by atoms with E-state index in [0.717, 1.165) is 61.8 Å². The Morgan fingerprint density at radius 3 is 2.55 bits per heavy atom. The first-order valence-corrected chi connectivity index (χ1v) is 7.79. The first-order valence-electron chi connectivity index (χ1n) is 7.79. The minimum absolute atomic E-state index is 0.733. The van der Waals surface area contributed by atoms with Crippen LogP contribution in [0.4, 0.5) is 5.82 Å². The molecule has 2 aromatic rings. The van der Waals surface area contributed by atoms with Crippen molar-refractivity contribution in [2.24, 2.45) is 11.8 Å². The molecule has 2 aliphatic heterocycles. The average Bonchev–Trinajstić information content (AvgIpc) is 3.06. The largest absolute Gasteiger partial charge is 0.356 e. The van der Waals surface area contributed by atoms with Gasteiger partial charge in [-0.25, -0.2) is 19.9 Å². The van der Waals surface area contributed by atoms with Crippen LogP contribution in [0.5, 0.6) is 0 Å². The zero-order valence-electron chi connectivity index (χ0n) is 12.8. The number of nitrogens with zero attached hydrogens (tertiary/aromatic N) is 6. The van der Waals surface area contributed by atoms with E-state index < -0.39 is 0 Å². The van der Waals surface area contributed by atoms with Crippen molar-refractivity contribution in [3.8, 4) is 0 Å². The van der Waals surface area contributed by atoms with Gasteiger partial charge in [-0.3, -0.25) is 4.90 Å². The third-order valence-corrected chi connectivity index (χ3v) is 4.70. The summed E-state index contributed by atoms with van der Waals surface area (Å²) < 4.78 is 0. The Morgan fingerprint density at radius 1 is 1.05 bits per heavy atom. The molecule has 6 heteroatoms. The number of likely N-dealkylation sites (tertiary alicyclic amines) is 1. The molecule has 0 amide bonds. The fraction of sp³-hybridized carbons (Fsp3) is 0.500. The van der Waals surface area contributed by atoms with E-state index in [-0.39, 0.29) is 0 Å². The van der Waals surface area contributed by atoms with E-state index in [2.05, 4.69) is 35.8 Å². The normalized spacial score (nSPS) is 24.7. The van der Waals surface area contributed by atoms with Crippen LogP contribution in [0.25, 0.3) is 0 Å². The number of fused-ring (bicyclic) bond motifs is 1. The highest BCUT2D eigenvalue weighted by atomic mass is 15.3. The highest BCUT2D eigenvalue weighted by molar-refractivity contribution is 5.40. The van der Waals surface area contributed by atoms with Gasteiger partial charge >= 0.3 is 0 Å². The molecule has 2 unspecified atom stereocenters. The number of rotatable bonds is 3.